The zero-order valence-electron chi connectivity index (χ0n) is 21.0. The molecule has 1 unspecified atom stereocenters. The molecule has 1 aromatic carbocycles. The average molecular weight is 544 g/mol. The smallest absolute Gasteiger partial charge is 0.253 e. The molecule has 1 atom stereocenters. The maximum absolute atomic E-state index is 13.0. The second-order valence-electron chi connectivity index (χ2n) is 9.33. The molecule has 1 fully saturated rings. The van der Waals surface area contributed by atoms with Crippen molar-refractivity contribution in [3.63, 3.8) is 0 Å². The molecule has 188 valence electrons. The van der Waals surface area contributed by atoms with Crippen LogP contribution in [0.2, 0.25) is 0 Å². The number of rotatable bonds is 8. The summed E-state index contributed by atoms with van der Waals surface area (Å²) in [5.74, 6) is -0.232. The number of aromatic nitrogens is 1. The van der Waals surface area contributed by atoms with Crippen LogP contribution in [0.5, 0.6) is 0 Å². The number of amides is 2. The van der Waals surface area contributed by atoms with E-state index in [1.54, 1.807) is 12.1 Å². The van der Waals surface area contributed by atoms with Crippen molar-refractivity contribution < 1.29 is 9.59 Å². The van der Waals surface area contributed by atoms with E-state index in [4.69, 9.17) is 0 Å². The van der Waals surface area contributed by atoms with Gasteiger partial charge in [-0.2, -0.15) is 0 Å². The first kappa shape index (κ1) is 26.7. The zero-order valence-corrected chi connectivity index (χ0v) is 22.6. The quantitative estimate of drug-likeness (QED) is 0.444. The van der Waals surface area contributed by atoms with Crippen molar-refractivity contribution in [2.45, 2.75) is 39.8 Å². The third-order valence-corrected chi connectivity index (χ3v) is 6.58. The second-order valence-corrected chi connectivity index (χ2v) is 10.2. The van der Waals surface area contributed by atoms with Gasteiger partial charge in [0.1, 0.15) is 0 Å². The van der Waals surface area contributed by atoms with Crippen molar-refractivity contribution in [1.82, 2.24) is 20.1 Å². The highest BCUT2D eigenvalue weighted by Crippen LogP contribution is 2.27. The Bertz CT molecular complexity index is 1190. The molecular formula is C26H34BrN5O3. The first-order valence-electron chi connectivity index (χ1n) is 11.7. The number of aromatic amines is 1. The van der Waals surface area contributed by atoms with Crippen molar-refractivity contribution in [3.05, 3.63) is 73.1 Å². The number of benzene rings is 1. The lowest BCUT2D eigenvalue weighted by Gasteiger charge is -2.19. The van der Waals surface area contributed by atoms with E-state index < -0.39 is 0 Å². The molecular weight excluding hydrogens is 510 g/mol. The van der Waals surface area contributed by atoms with Crippen LogP contribution in [0.15, 0.2) is 39.6 Å². The normalized spacial score (nSPS) is 15.7. The number of hydrogen-bond acceptors (Lipinski definition) is 5. The van der Waals surface area contributed by atoms with Crippen LogP contribution in [0.25, 0.3) is 0 Å². The van der Waals surface area contributed by atoms with Crippen molar-refractivity contribution in [2.75, 3.05) is 39.0 Å². The largest absolute Gasteiger partial charge is 0.380 e. The van der Waals surface area contributed by atoms with Gasteiger partial charge in [-0.15, -0.1) is 0 Å². The van der Waals surface area contributed by atoms with Gasteiger partial charge in [0.2, 0.25) is 5.91 Å². The van der Waals surface area contributed by atoms with Gasteiger partial charge in [-0.3, -0.25) is 14.4 Å². The van der Waals surface area contributed by atoms with Crippen LogP contribution >= 0.6 is 15.9 Å². The average Bonchev–Trinajstić information content (AvgIpc) is 3.23. The minimum Gasteiger partial charge on any atom is -0.380 e. The summed E-state index contributed by atoms with van der Waals surface area (Å²) >= 11 is 3.51. The second kappa shape index (κ2) is 11.7. The van der Waals surface area contributed by atoms with Crippen LogP contribution in [0.3, 0.4) is 0 Å². The first-order chi connectivity index (χ1) is 16.5. The summed E-state index contributed by atoms with van der Waals surface area (Å²) in [7, 11) is 3.92. The van der Waals surface area contributed by atoms with Gasteiger partial charge in [-0.25, -0.2) is 0 Å². The molecule has 9 heteroatoms. The van der Waals surface area contributed by atoms with E-state index in [1.165, 1.54) is 0 Å². The van der Waals surface area contributed by atoms with Gasteiger partial charge in [0, 0.05) is 65.3 Å². The van der Waals surface area contributed by atoms with E-state index in [9.17, 15) is 14.4 Å². The number of carbonyl (C=O) groups excluding carboxylic acids is 2. The molecule has 1 saturated heterocycles. The number of likely N-dealkylation sites (N-methyl/N-ethyl adjacent to an activating group) is 1. The lowest BCUT2D eigenvalue weighted by molar-refractivity contribution is -0.125. The summed E-state index contributed by atoms with van der Waals surface area (Å²) in [4.78, 5) is 44.4. The molecule has 2 aromatic rings. The van der Waals surface area contributed by atoms with E-state index >= 15 is 0 Å². The number of nitrogens with zero attached hydrogens (tertiary/aromatic N) is 2. The Morgan fingerprint density at radius 1 is 1.23 bits per heavy atom. The van der Waals surface area contributed by atoms with Crippen LogP contribution in [-0.4, -0.2) is 66.4 Å². The molecule has 2 heterocycles. The highest BCUT2D eigenvalue weighted by atomic mass is 79.9. The summed E-state index contributed by atoms with van der Waals surface area (Å²) in [6, 6.07) is 5.71. The Morgan fingerprint density at radius 2 is 1.97 bits per heavy atom. The molecule has 0 bridgehead atoms. The number of H-pyrrole nitrogens is 1. The number of hydrogen-bond donors (Lipinski definition) is 3. The molecule has 8 nitrogen and oxygen atoms in total. The number of aryl methyl sites for hydroxylation is 2. The summed E-state index contributed by atoms with van der Waals surface area (Å²) < 4.78 is 0.776. The minimum atomic E-state index is -0.250. The number of nitrogens with one attached hydrogen (secondary N) is 3. The lowest BCUT2D eigenvalue weighted by Crippen LogP contribution is -2.31. The Labute approximate surface area is 214 Å². The Morgan fingerprint density at radius 3 is 2.66 bits per heavy atom. The number of pyridine rings is 1. The van der Waals surface area contributed by atoms with E-state index in [0.717, 1.165) is 39.9 Å². The van der Waals surface area contributed by atoms with E-state index in [2.05, 4.69) is 31.5 Å². The molecule has 1 aliphatic heterocycles. The Kier molecular flexibility index (Phi) is 8.91. The molecule has 1 aromatic heterocycles. The Hall–Kier alpha value is -2.91. The lowest BCUT2D eigenvalue weighted by atomic mass is 10.0. The molecule has 0 aliphatic carbocycles. The van der Waals surface area contributed by atoms with Crippen molar-refractivity contribution in [1.29, 1.82) is 0 Å². The van der Waals surface area contributed by atoms with Crippen LogP contribution in [0, 0.1) is 20.8 Å². The molecule has 1 aliphatic rings. The molecule has 0 spiro atoms. The summed E-state index contributed by atoms with van der Waals surface area (Å²) in [6.07, 6.45) is 4.34. The molecule has 35 heavy (non-hydrogen) atoms. The van der Waals surface area contributed by atoms with Crippen molar-refractivity contribution >= 4 is 33.4 Å². The molecule has 3 N–H and O–H groups in total. The van der Waals surface area contributed by atoms with Gasteiger partial charge in [0.15, 0.2) is 0 Å². The zero-order chi connectivity index (χ0) is 25.7. The van der Waals surface area contributed by atoms with Gasteiger partial charge < -0.3 is 25.4 Å². The number of halogens is 1. The van der Waals surface area contributed by atoms with Crippen molar-refractivity contribution in [2.24, 2.45) is 0 Å². The maximum Gasteiger partial charge on any atom is 0.253 e. The highest BCUT2D eigenvalue weighted by Gasteiger charge is 2.26. The van der Waals surface area contributed by atoms with E-state index in [1.807, 2.05) is 62.9 Å². The first-order valence-corrected chi connectivity index (χ1v) is 12.5. The third kappa shape index (κ3) is 7.05. The number of likely N-dealkylation sites (tertiary alicyclic amines) is 1. The maximum atomic E-state index is 13.0. The molecule has 2 amide bonds. The Balaban J connectivity index is 1.67. The summed E-state index contributed by atoms with van der Waals surface area (Å²) in [5.41, 5.74) is 4.18. The fourth-order valence-corrected chi connectivity index (χ4v) is 4.66. The predicted molar refractivity (Wildman–Crippen MR) is 143 cm³/mol. The molecule has 3 rings (SSSR count). The van der Waals surface area contributed by atoms with Gasteiger partial charge >= 0.3 is 0 Å². The monoisotopic (exact) mass is 543 g/mol. The summed E-state index contributed by atoms with van der Waals surface area (Å²) in [5, 5.41) is 6.39. The predicted octanol–water partition coefficient (Wildman–Crippen LogP) is 3.12. The molecule has 0 saturated carbocycles. The fraction of sp³-hybridized carbons (Fsp3) is 0.423. The van der Waals surface area contributed by atoms with Gasteiger partial charge in [-0.1, -0.05) is 22.0 Å². The fourth-order valence-electron chi connectivity index (χ4n) is 4.20. The van der Waals surface area contributed by atoms with Gasteiger partial charge in [-0.05, 0) is 70.6 Å². The topological polar surface area (TPSA) is 97.5 Å². The SMILES string of the molecule is Cc1cc(C)c(CNC(=O)c2cc(Br)cc(NC3CCN(C(=O)/C=C/CN(C)C)C3)c2C)c(=O)[nH]1. The standard InChI is InChI=1S/C26H34BrN5O3/c1-16-11-17(2)29-26(35)22(16)14-28-25(34)21-12-19(27)13-23(18(21)3)30-20-8-10-32(15-20)24(33)7-6-9-31(4)5/h6-7,11-13,20,30H,8-10,14-15H2,1-5H3,(H,28,34)(H,29,35)/b7-6+. The van der Waals surface area contributed by atoms with Crippen LogP contribution in [-0.2, 0) is 11.3 Å². The minimum absolute atomic E-state index is 0.0172. The number of anilines is 1. The number of carbonyl (C=O) groups is 2. The van der Waals surface area contributed by atoms with Gasteiger partial charge in [0.25, 0.3) is 11.5 Å². The van der Waals surface area contributed by atoms with Gasteiger partial charge in [0.05, 0.1) is 0 Å². The van der Waals surface area contributed by atoms with Crippen LogP contribution < -0.4 is 16.2 Å². The van der Waals surface area contributed by atoms with E-state index in [0.29, 0.717) is 24.2 Å². The third-order valence-electron chi connectivity index (χ3n) is 6.13. The van der Waals surface area contributed by atoms with Crippen LogP contribution in [0.1, 0.15) is 39.2 Å². The summed E-state index contributed by atoms with van der Waals surface area (Å²) in [6.45, 7) is 7.76. The highest BCUT2D eigenvalue weighted by molar-refractivity contribution is 9.10. The molecule has 0 radical (unpaired) electrons. The van der Waals surface area contributed by atoms with Crippen LogP contribution in [0.4, 0.5) is 5.69 Å². The van der Waals surface area contributed by atoms with E-state index in [-0.39, 0.29) is 30.0 Å². The van der Waals surface area contributed by atoms with Crippen molar-refractivity contribution in [3.8, 4) is 0 Å².